The van der Waals surface area contributed by atoms with Gasteiger partial charge in [-0.1, -0.05) is 18.2 Å². The van der Waals surface area contributed by atoms with Crippen molar-refractivity contribution in [3.8, 4) is 5.75 Å². The van der Waals surface area contributed by atoms with Gasteiger partial charge in [0.25, 0.3) is 5.56 Å². The van der Waals surface area contributed by atoms with Gasteiger partial charge in [0.2, 0.25) is 0 Å². The number of aromatic amines is 1. The molecule has 4 aromatic rings. The minimum Gasteiger partial charge on any atom is -0.491 e. The molecule has 2 N–H and O–H groups in total. The summed E-state index contributed by atoms with van der Waals surface area (Å²) in [5.74, 6) is -1.03. The Bertz CT molecular complexity index is 1300. The van der Waals surface area contributed by atoms with Gasteiger partial charge >= 0.3 is 5.97 Å². The SMILES string of the molecule is CCOc1cc2nc(Cc3nn(CC(=O)O)c(=O)c4ccccc34)[nH]c2cc1F. The lowest BCUT2D eigenvalue weighted by Crippen LogP contribution is -2.28. The number of aliphatic carboxylic acids is 1. The Balaban J connectivity index is 1.80. The number of benzene rings is 2. The van der Waals surface area contributed by atoms with E-state index < -0.39 is 23.9 Å². The summed E-state index contributed by atoms with van der Waals surface area (Å²) >= 11 is 0. The summed E-state index contributed by atoms with van der Waals surface area (Å²) in [5, 5.41) is 14.3. The first-order valence-electron chi connectivity index (χ1n) is 8.97. The molecule has 0 bridgehead atoms. The number of hydrogen-bond donors (Lipinski definition) is 2. The highest BCUT2D eigenvalue weighted by Gasteiger charge is 2.15. The molecule has 0 saturated carbocycles. The van der Waals surface area contributed by atoms with Crippen LogP contribution in [-0.2, 0) is 17.8 Å². The molecule has 0 radical (unpaired) electrons. The molecule has 2 heterocycles. The van der Waals surface area contributed by atoms with Crippen molar-refractivity contribution in [3.05, 3.63) is 64.1 Å². The molecule has 29 heavy (non-hydrogen) atoms. The van der Waals surface area contributed by atoms with Gasteiger partial charge in [-0.25, -0.2) is 14.1 Å². The summed E-state index contributed by atoms with van der Waals surface area (Å²) < 4.78 is 20.3. The van der Waals surface area contributed by atoms with Gasteiger partial charge in [0.1, 0.15) is 12.4 Å². The smallest absolute Gasteiger partial charge is 0.325 e. The number of aromatic nitrogens is 4. The van der Waals surface area contributed by atoms with E-state index in [1.807, 2.05) is 0 Å². The number of carboxylic acid groups (broad SMARTS) is 1. The Labute approximate surface area is 163 Å². The number of carboxylic acids is 1. The summed E-state index contributed by atoms with van der Waals surface area (Å²) in [5.41, 5.74) is 1.06. The number of H-pyrrole nitrogens is 1. The zero-order valence-electron chi connectivity index (χ0n) is 15.5. The number of ether oxygens (including phenoxy) is 1. The Kier molecular flexibility index (Phi) is 4.71. The van der Waals surface area contributed by atoms with Gasteiger partial charge in [-0.15, -0.1) is 0 Å². The minimum atomic E-state index is -1.16. The van der Waals surface area contributed by atoms with E-state index in [1.165, 1.54) is 12.1 Å². The van der Waals surface area contributed by atoms with Gasteiger partial charge in [0, 0.05) is 17.5 Å². The molecule has 0 spiro atoms. The van der Waals surface area contributed by atoms with Crippen molar-refractivity contribution in [2.45, 2.75) is 19.9 Å². The van der Waals surface area contributed by atoms with Crippen LogP contribution in [0.15, 0.2) is 41.2 Å². The number of nitrogens with one attached hydrogen (secondary N) is 1. The predicted molar refractivity (Wildman–Crippen MR) is 104 cm³/mol. The Hall–Kier alpha value is -3.75. The van der Waals surface area contributed by atoms with Crippen LogP contribution in [0.3, 0.4) is 0 Å². The second-order valence-corrected chi connectivity index (χ2v) is 6.44. The Morgan fingerprint density at radius 2 is 2.03 bits per heavy atom. The van der Waals surface area contributed by atoms with Crippen molar-refractivity contribution >= 4 is 27.8 Å². The number of imidazole rings is 1. The molecule has 0 fully saturated rings. The van der Waals surface area contributed by atoms with Crippen LogP contribution in [0, 0.1) is 5.82 Å². The fourth-order valence-electron chi connectivity index (χ4n) is 3.24. The van der Waals surface area contributed by atoms with Crippen molar-refractivity contribution < 1.29 is 19.0 Å². The second kappa shape index (κ2) is 7.34. The summed E-state index contributed by atoms with van der Waals surface area (Å²) in [7, 11) is 0. The quantitative estimate of drug-likeness (QED) is 0.518. The van der Waals surface area contributed by atoms with Crippen LogP contribution in [0.4, 0.5) is 4.39 Å². The number of nitrogens with zero attached hydrogens (tertiary/aromatic N) is 3. The fourth-order valence-corrected chi connectivity index (χ4v) is 3.24. The second-order valence-electron chi connectivity index (χ2n) is 6.44. The van der Waals surface area contributed by atoms with Crippen LogP contribution in [0.1, 0.15) is 18.4 Å². The molecule has 0 aliphatic rings. The van der Waals surface area contributed by atoms with Gasteiger partial charge in [-0.2, -0.15) is 5.10 Å². The van der Waals surface area contributed by atoms with Gasteiger partial charge in [0.05, 0.1) is 35.1 Å². The van der Waals surface area contributed by atoms with Crippen LogP contribution in [0.25, 0.3) is 21.8 Å². The number of carbonyl (C=O) groups is 1. The van der Waals surface area contributed by atoms with Crippen LogP contribution in [-0.4, -0.2) is 37.4 Å². The first-order valence-corrected chi connectivity index (χ1v) is 8.97. The normalized spacial score (nSPS) is 11.2. The van der Waals surface area contributed by atoms with Gasteiger partial charge in [0.15, 0.2) is 11.6 Å². The molecule has 2 aromatic carbocycles. The molecular formula is C20H17FN4O4. The molecule has 2 aromatic heterocycles. The zero-order valence-corrected chi connectivity index (χ0v) is 15.5. The standard InChI is InChI=1S/C20H17FN4O4/c1-2-29-17-8-16-15(7-13(17)21)22-18(23-16)9-14-11-5-3-4-6-12(11)20(28)25(24-14)10-19(26)27/h3-8H,2,9-10H2,1H3,(H,22,23)(H,26,27). The van der Waals surface area contributed by atoms with E-state index >= 15 is 0 Å². The van der Waals surface area contributed by atoms with Gasteiger partial charge in [-0.05, 0) is 13.0 Å². The molecular weight excluding hydrogens is 379 g/mol. The highest BCUT2D eigenvalue weighted by Crippen LogP contribution is 2.24. The average Bonchev–Trinajstić information content (AvgIpc) is 3.06. The third kappa shape index (κ3) is 3.54. The number of rotatable bonds is 6. The summed E-state index contributed by atoms with van der Waals surface area (Å²) in [6.07, 6.45) is 0.209. The fraction of sp³-hybridized carbons (Fsp3) is 0.200. The Morgan fingerprint density at radius 1 is 1.28 bits per heavy atom. The van der Waals surface area contributed by atoms with Crippen LogP contribution in [0.2, 0.25) is 0 Å². The molecule has 0 aliphatic carbocycles. The monoisotopic (exact) mass is 396 g/mol. The molecule has 4 rings (SSSR count). The first kappa shape index (κ1) is 18.6. The maximum absolute atomic E-state index is 14.1. The number of fused-ring (bicyclic) bond motifs is 2. The summed E-state index contributed by atoms with van der Waals surface area (Å²) in [4.78, 5) is 31.1. The van der Waals surface area contributed by atoms with Gasteiger partial charge < -0.3 is 14.8 Å². The number of hydrogen-bond acceptors (Lipinski definition) is 5. The van der Waals surface area contributed by atoms with E-state index in [0.717, 1.165) is 4.68 Å². The Morgan fingerprint density at radius 3 is 2.76 bits per heavy atom. The van der Waals surface area contributed by atoms with E-state index in [-0.39, 0.29) is 12.2 Å². The maximum atomic E-state index is 14.1. The lowest BCUT2D eigenvalue weighted by atomic mass is 10.1. The largest absolute Gasteiger partial charge is 0.491 e. The van der Waals surface area contributed by atoms with Crippen molar-refractivity contribution in [2.24, 2.45) is 0 Å². The molecule has 0 amide bonds. The maximum Gasteiger partial charge on any atom is 0.325 e. The highest BCUT2D eigenvalue weighted by molar-refractivity contribution is 5.84. The van der Waals surface area contributed by atoms with Gasteiger partial charge in [-0.3, -0.25) is 9.59 Å². The molecule has 148 valence electrons. The van der Waals surface area contributed by atoms with Crippen LogP contribution in [0.5, 0.6) is 5.75 Å². The number of halogens is 1. The molecule has 0 atom stereocenters. The van der Waals surface area contributed by atoms with E-state index in [1.54, 1.807) is 31.2 Å². The third-order valence-corrected chi connectivity index (χ3v) is 4.45. The van der Waals surface area contributed by atoms with E-state index in [0.29, 0.717) is 39.9 Å². The van der Waals surface area contributed by atoms with E-state index in [2.05, 4.69) is 15.1 Å². The third-order valence-electron chi connectivity index (χ3n) is 4.45. The minimum absolute atomic E-state index is 0.122. The molecule has 0 unspecified atom stereocenters. The topological polar surface area (TPSA) is 110 Å². The highest BCUT2D eigenvalue weighted by atomic mass is 19.1. The van der Waals surface area contributed by atoms with Crippen LogP contribution < -0.4 is 10.3 Å². The molecule has 0 aliphatic heterocycles. The average molecular weight is 396 g/mol. The predicted octanol–water partition coefficient (Wildman–Crippen LogP) is 2.49. The summed E-state index contributed by atoms with van der Waals surface area (Å²) in [6.45, 7) is 1.56. The van der Waals surface area contributed by atoms with Crippen LogP contribution >= 0.6 is 0 Å². The molecule has 0 saturated heterocycles. The van der Waals surface area contributed by atoms with E-state index in [4.69, 9.17) is 9.84 Å². The summed E-state index contributed by atoms with van der Waals surface area (Å²) in [6, 6.07) is 9.69. The van der Waals surface area contributed by atoms with E-state index in [9.17, 15) is 14.0 Å². The first-order chi connectivity index (χ1) is 14.0. The van der Waals surface area contributed by atoms with Crippen molar-refractivity contribution in [2.75, 3.05) is 6.61 Å². The van der Waals surface area contributed by atoms with Crippen molar-refractivity contribution in [1.29, 1.82) is 0 Å². The lowest BCUT2D eigenvalue weighted by Gasteiger charge is -2.08. The molecule has 8 nitrogen and oxygen atoms in total. The zero-order chi connectivity index (χ0) is 20.5. The lowest BCUT2D eigenvalue weighted by molar-refractivity contribution is -0.138. The van der Waals surface area contributed by atoms with Crippen molar-refractivity contribution in [1.82, 2.24) is 19.7 Å². The van der Waals surface area contributed by atoms with Crippen molar-refractivity contribution in [3.63, 3.8) is 0 Å². The molecule has 9 heteroatoms.